The van der Waals surface area contributed by atoms with E-state index in [1.54, 1.807) is 19.1 Å². The number of aryl methyl sites for hydroxylation is 1. The zero-order valence-corrected chi connectivity index (χ0v) is 11.1. The lowest BCUT2D eigenvalue weighted by atomic mass is 9.98. The topological polar surface area (TPSA) is 50.2 Å². The average molecular weight is 295 g/mol. The second-order valence-electron chi connectivity index (χ2n) is 4.65. The van der Waals surface area contributed by atoms with E-state index in [1.165, 1.54) is 6.07 Å². The monoisotopic (exact) mass is 295 g/mol. The molecule has 0 amide bonds. The molecule has 110 valence electrons. The van der Waals surface area contributed by atoms with Gasteiger partial charge in [-0.05, 0) is 19.1 Å². The van der Waals surface area contributed by atoms with Crippen molar-refractivity contribution in [1.82, 2.24) is 4.98 Å². The number of benzene rings is 1. The lowest BCUT2D eigenvalue weighted by Crippen LogP contribution is -2.15. The average Bonchev–Trinajstić information content (AvgIpc) is 2.42. The van der Waals surface area contributed by atoms with Gasteiger partial charge in [-0.15, -0.1) is 0 Å². The molecule has 2 aromatic rings. The molecule has 0 unspecified atom stereocenters. The van der Waals surface area contributed by atoms with Gasteiger partial charge in [0, 0.05) is 29.9 Å². The van der Waals surface area contributed by atoms with Gasteiger partial charge in [0.1, 0.15) is 5.75 Å². The Morgan fingerprint density at radius 1 is 1.29 bits per heavy atom. The maximum atomic E-state index is 12.8. The Hall–Kier alpha value is -2.37. The third-order valence-corrected chi connectivity index (χ3v) is 3.01. The molecular weight excluding hydrogens is 283 g/mol. The van der Waals surface area contributed by atoms with Crippen molar-refractivity contribution >= 4 is 5.78 Å². The van der Waals surface area contributed by atoms with Gasteiger partial charge in [0.05, 0.1) is 5.56 Å². The van der Waals surface area contributed by atoms with Crippen LogP contribution < -0.4 is 0 Å². The number of aromatic hydroxyl groups is 1. The molecular formula is C15H12F3NO2. The zero-order valence-electron chi connectivity index (χ0n) is 11.1. The van der Waals surface area contributed by atoms with Gasteiger partial charge in [-0.3, -0.25) is 9.78 Å². The summed E-state index contributed by atoms with van der Waals surface area (Å²) in [5.74, 6) is -0.831. The Morgan fingerprint density at radius 2 is 2.00 bits per heavy atom. The summed E-state index contributed by atoms with van der Waals surface area (Å²) in [6.07, 6.45) is -3.18. The van der Waals surface area contributed by atoms with Crippen molar-refractivity contribution < 1.29 is 23.1 Å². The van der Waals surface area contributed by atoms with Crippen LogP contribution in [0.15, 0.2) is 36.7 Å². The van der Waals surface area contributed by atoms with Crippen molar-refractivity contribution in [3.8, 4) is 5.75 Å². The Bertz CT molecular complexity index is 681. The van der Waals surface area contributed by atoms with Crippen molar-refractivity contribution in [3.63, 3.8) is 0 Å². The molecule has 3 nitrogen and oxygen atoms in total. The number of aromatic nitrogens is 1. The molecule has 0 saturated carbocycles. The number of carbonyl (C=O) groups is 1. The number of phenolic OH excluding ortho intramolecular Hbond substituents is 1. The third kappa shape index (κ3) is 3.39. The SMILES string of the molecule is Cc1ccc(O)c(CC(=O)c2ccncc2C(F)(F)F)c1. The van der Waals surface area contributed by atoms with Crippen LogP contribution in [0.25, 0.3) is 0 Å². The summed E-state index contributed by atoms with van der Waals surface area (Å²) < 4.78 is 38.5. The number of alkyl halides is 3. The quantitative estimate of drug-likeness (QED) is 0.881. The maximum absolute atomic E-state index is 12.8. The fourth-order valence-electron chi connectivity index (χ4n) is 1.99. The van der Waals surface area contributed by atoms with E-state index in [0.29, 0.717) is 11.8 Å². The van der Waals surface area contributed by atoms with E-state index in [-0.39, 0.29) is 12.2 Å². The Labute approximate surface area is 119 Å². The van der Waals surface area contributed by atoms with E-state index in [2.05, 4.69) is 4.98 Å². The zero-order chi connectivity index (χ0) is 15.6. The first-order chi connectivity index (χ1) is 9.79. The van der Waals surface area contributed by atoms with Gasteiger partial charge in [-0.25, -0.2) is 0 Å². The van der Waals surface area contributed by atoms with Crippen LogP contribution in [-0.2, 0) is 12.6 Å². The molecule has 1 aromatic heterocycles. The van der Waals surface area contributed by atoms with Gasteiger partial charge in [0.15, 0.2) is 5.78 Å². The largest absolute Gasteiger partial charge is 0.508 e. The highest BCUT2D eigenvalue weighted by Gasteiger charge is 2.35. The normalized spacial score (nSPS) is 11.4. The van der Waals surface area contributed by atoms with E-state index in [9.17, 15) is 23.1 Å². The number of hydrogen-bond donors (Lipinski definition) is 1. The highest BCUT2D eigenvalue weighted by atomic mass is 19.4. The minimum Gasteiger partial charge on any atom is -0.508 e. The Morgan fingerprint density at radius 3 is 2.67 bits per heavy atom. The fraction of sp³-hybridized carbons (Fsp3) is 0.200. The van der Waals surface area contributed by atoms with Crippen LogP contribution in [0.3, 0.4) is 0 Å². The molecule has 0 atom stereocenters. The minimum atomic E-state index is -4.64. The van der Waals surface area contributed by atoms with E-state index < -0.39 is 23.1 Å². The summed E-state index contributed by atoms with van der Waals surface area (Å²) in [6.45, 7) is 1.76. The molecule has 0 saturated heterocycles. The molecule has 0 aliphatic heterocycles. The lowest BCUT2D eigenvalue weighted by Gasteiger charge is -2.11. The van der Waals surface area contributed by atoms with Gasteiger partial charge in [0.25, 0.3) is 0 Å². The number of Topliss-reactive ketones (excluding diaryl/α,β-unsaturated/α-hetero) is 1. The van der Waals surface area contributed by atoms with Gasteiger partial charge in [-0.2, -0.15) is 13.2 Å². The highest BCUT2D eigenvalue weighted by molar-refractivity contribution is 5.99. The van der Waals surface area contributed by atoms with Gasteiger partial charge >= 0.3 is 6.18 Å². The van der Waals surface area contributed by atoms with Crippen LogP contribution in [0.1, 0.15) is 27.0 Å². The molecule has 0 fully saturated rings. The number of pyridine rings is 1. The fourth-order valence-corrected chi connectivity index (χ4v) is 1.99. The molecule has 0 radical (unpaired) electrons. The lowest BCUT2D eigenvalue weighted by molar-refractivity contribution is -0.138. The summed E-state index contributed by atoms with van der Waals surface area (Å²) in [6, 6.07) is 5.67. The predicted octanol–water partition coefficient (Wildman–Crippen LogP) is 3.54. The number of phenols is 1. The van der Waals surface area contributed by atoms with Crippen molar-refractivity contribution in [2.45, 2.75) is 19.5 Å². The second kappa shape index (κ2) is 5.55. The minimum absolute atomic E-state index is 0.114. The maximum Gasteiger partial charge on any atom is 0.418 e. The Balaban J connectivity index is 2.36. The van der Waals surface area contributed by atoms with Crippen LogP contribution in [0.5, 0.6) is 5.75 Å². The van der Waals surface area contributed by atoms with E-state index in [4.69, 9.17) is 0 Å². The first kappa shape index (κ1) is 15.0. The van der Waals surface area contributed by atoms with Crippen molar-refractivity contribution in [3.05, 3.63) is 58.9 Å². The summed E-state index contributed by atoms with van der Waals surface area (Å²) >= 11 is 0. The molecule has 0 aliphatic carbocycles. The number of rotatable bonds is 3. The standard InChI is InChI=1S/C15H12F3NO2/c1-9-2-3-13(20)10(6-9)7-14(21)11-4-5-19-8-12(11)15(16,17)18/h2-6,8,20H,7H2,1H3. The molecule has 0 aliphatic rings. The molecule has 6 heteroatoms. The summed E-state index contributed by atoms with van der Waals surface area (Å²) in [5.41, 5.74) is -0.410. The molecule has 2 rings (SSSR count). The van der Waals surface area contributed by atoms with Gasteiger partial charge < -0.3 is 5.11 Å². The summed E-state index contributed by atoms with van der Waals surface area (Å²) in [4.78, 5) is 15.5. The third-order valence-electron chi connectivity index (χ3n) is 3.01. The predicted molar refractivity (Wildman–Crippen MR) is 70.1 cm³/mol. The van der Waals surface area contributed by atoms with Crippen molar-refractivity contribution in [1.29, 1.82) is 0 Å². The number of nitrogens with zero attached hydrogens (tertiary/aromatic N) is 1. The summed E-state index contributed by atoms with van der Waals surface area (Å²) in [5, 5.41) is 9.67. The van der Waals surface area contributed by atoms with Crippen LogP contribution in [0.4, 0.5) is 13.2 Å². The number of halogens is 3. The first-order valence-corrected chi connectivity index (χ1v) is 6.12. The molecule has 21 heavy (non-hydrogen) atoms. The van der Waals surface area contributed by atoms with Crippen molar-refractivity contribution in [2.24, 2.45) is 0 Å². The van der Waals surface area contributed by atoms with Gasteiger partial charge in [0.2, 0.25) is 0 Å². The van der Waals surface area contributed by atoms with Crippen LogP contribution in [-0.4, -0.2) is 15.9 Å². The van der Waals surface area contributed by atoms with Gasteiger partial charge in [-0.1, -0.05) is 17.7 Å². The number of ketones is 1. The molecule has 0 bridgehead atoms. The molecule has 0 spiro atoms. The summed E-state index contributed by atoms with van der Waals surface area (Å²) in [7, 11) is 0. The molecule has 1 heterocycles. The van der Waals surface area contributed by atoms with E-state index in [0.717, 1.165) is 17.8 Å². The smallest absolute Gasteiger partial charge is 0.418 e. The number of carbonyl (C=O) groups excluding carboxylic acids is 1. The molecule has 1 aromatic carbocycles. The Kier molecular flexibility index (Phi) is 3.97. The second-order valence-corrected chi connectivity index (χ2v) is 4.65. The number of hydrogen-bond acceptors (Lipinski definition) is 3. The van der Waals surface area contributed by atoms with E-state index in [1.807, 2.05) is 0 Å². The first-order valence-electron chi connectivity index (χ1n) is 6.12. The van der Waals surface area contributed by atoms with Crippen LogP contribution in [0.2, 0.25) is 0 Å². The van der Waals surface area contributed by atoms with Crippen LogP contribution >= 0.6 is 0 Å². The molecule has 1 N–H and O–H groups in total. The van der Waals surface area contributed by atoms with E-state index >= 15 is 0 Å². The van der Waals surface area contributed by atoms with Crippen molar-refractivity contribution in [2.75, 3.05) is 0 Å². The van der Waals surface area contributed by atoms with Crippen LogP contribution in [0, 0.1) is 6.92 Å². The highest BCUT2D eigenvalue weighted by Crippen LogP contribution is 2.32.